The van der Waals surface area contributed by atoms with Gasteiger partial charge in [0.25, 0.3) is 0 Å². The Hall–Kier alpha value is -3.88. The van der Waals surface area contributed by atoms with Gasteiger partial charge in [-0.2, -0.15) is 0 Å². The average Bonchev–Trinajstić information content (AvgIpc) is 3.31. The second-order valence-corrected chi connectivity index (χ2v) is 10.3. The number of fused-ring (bicyclic) bond motifs is 4. The summed E-state index contributed by atoms with van der Waals surface area (Å²) >= 11 is 0. The van der Waals surface area contributed by atoms with E-state index in [0.29, 0.717) is 26.1 Å². The molecule has 196 valence electrons. The lowest BCUT2D eigenvalue weighted by molar-refractivity contribution is -0.140. The van der Waals surface area contributed by atoms with Crippen LogP contribution in [0, 0.1) is 0 Å². The Bertz CT molecular complexity index is 1440. The Morgan fingerprint density at radius 1 is 1.00 bits per heavy atom. The van der Waals surface area contributed by atoms with E-state index in [1.807, 2.05) is 41.3 Å². The second kappa shape index (κ2) is 9.78. The van der Waals surface area contributed by atoms with Crippen LogP contribution in [0.25, 0.3) is 10.9 Å². The van der Waals surface area contributed by atoms with E-state index >= 15 is 0 Å². The number of methoxy groups -OCH3 is 2. The van der Waals surface area contributed by atoms with E-state index < -0.39 is 0 Å². The number of aliphatic hydroxyl groups is 1. The number of hydrogen-bond acceptors (Lipinski definition) is 6. The molecule has 0 saturated carbocycles. The van der Waals surface area contributed by atoms with Gasteiger partial charge in [0.2, 0.25) is 5.91 Å². The maximum absolute atomic E-state index is 13.2. The highest BCUT2D eigenvalue weighted by atomic mass is 16.5. The van der Waals surface area contributed by atoms with Gasteiger partial charge in [-0.3, -0.25) is 14.7 Å². The summed E-state index contributed by atoms with van der Waals surface area (Å²) in [5.41, 5.74) is 5.11. The van der Waals surface area contributed by atoms with Crippen molar-refractivity contribution in [3.63, 3.8) is 0 Å². The van der Waals surface area contributed by atoms with Crippen molar-refractivity contribution in [2.24, 2.45) is 0 Å². The highest BCUT2D eigenvalue weighted by Crippen LogP contribution is 2.49. The van der Waals surface area contributed by atoms with Crippen molar-refractivity contribution in [2.45, 2.75) is 24.4 Å². The number of aliphatic hydroxyl groups excluding tert-OH is 1. The molecule has 1 fully saturated rings. The van der Waals surface area contributed by atoms with E-state index in [1.54, 1.807) is 26.6 Å². The number of benzene rings is 2. The molecule has 1 amide bonds. The van der Waals surface area contributed by atoms with Gasteiger partial charge < -0.3 is 24.5 Å². The van der Waals surface area contributed by atoms with E-state index in [2.05, 4.69) is 33.1 Å². The van der Waals surface area contributed by atoms with E-state index in [9.17, 15) is 9.90 Å². The smallest absolute Gasteiger partial charge is 0.227 e. The van der Waals surface area contributed by atoms with E-state index in [1.165, 1.54) is 5.56 Å². The van der Waals surface area contributed by atoms with Gasteiger partial charge >= 0.3 is 0 Å². The van der Waals surface area contributed by atoms with Crippen molar-refractivity contribution >= 4 is 16.8 Å². The highest BCUT2D eigenvalue weighted by molar-refractivity contribution is 5.89. The van der Waals surface area contributed by atoms with Gasteiger partial charge in [-0.15, -0.1) is 0 Å². The molecule has 2 aliphatic heterocycles. The van der Waals surface area contributed by atoms with Crippen LogP contribution < -0.4 is 9.47 Å². The van der Waals surface area contributed by atoms with Crippen LogP contribution in [0.4, 0.5) is 0 Å². The van der Waals surface area contributed by atoms with Gasteiger partial charge in [-0.25, -0.2) is 0 Å². The summed E-state index contributed by atoms with van der Waals surface area (Å²) in [4.78, 5) is 25.2. The number of hydrogen-bond donors (Lipinski definition) is 2. The minimum Gasteiger partial charge on any atom is -0.497 e. The first kappa shape index (κ1) is 24.5. The van der Waals surface area contributed by atoms with Crippen molar-refractivity contribution in [3.8, 4) is 11.5 Å². The molecule has 1 spiro atoms. The molecule has 4 heterocycles. The molecule has 38 heavy (non-hydrogen) atoms. The first-order chi connectivity index (χ1) is 18.5. The molecule has 2 aromatic heterocycles. The number of carbonyl (C=O) groups is 1. The molecule has 0 bridgehead atoms. The third kappa shape index (κ3) is 4.19. The zero-order chi connectivity index (χ0) is 26.3. The minimum absolute atomic E-state index is 0.00607. The maximum Gasteiger partial charge on any atom is 0.227 e. The fraction of sp³-hybridized carbons (Fsp3) is 0.333. The molecular weight excluding hydrogens is 480 g/mol. The molecule has 2 N–H and O–H groups in total. The van der Waals surface area contributed by atoms with E-state index in [-0.39, 0.29) is 24.0 Å². The SMILES string of the molecule is COc1ccc(CN2CC3(CN(C(=O)Cc4ccncc4)C3)c3c([nH]c4cc(OC)ccc34)[C@H]2CO)cc1. The Balaban J connectivity index is 1.35. The number of amides is 1. The number of aromatic nitrogens is 2. The van der Waals surface area contributed by atoms with Crippen LogP contribution in [-0.2, 0) is 23.2 Å². The van der Waals surface area contributed by atoms with Crippen LogP contribution in [0.2, 0.25) is 0 Å². The summed E-state index contributed by atoms with van der Waals surface area (Å²) in [6.07, 6.45) is 3.81. The lowest BCUT2D eigenvalue weighted by Gasteiger charge is -2.56. The summed E-state index contributed by atoms with van der Waals surface area (Å²) in [6.45, 7) is 2.70. The second-order valence-electron chi connectivity index (χ2n) is 10.3. The predicted octanol–water partition coefficient (Wildman–Crippen LogP) is 3.45. The Morgan fingerprint density at radius 3 is 2.39 bits per heavy atom. The molecule has 4 aromatic rings. The van der Waals surface area contributed by atoms with Crippen LogP contribution in [-0.4, -0.2) is 71.2 Å². The first-order valence-corrected chi connectivity index (χ1v) is 12.9. The number of ether oxygens (including phenoxy) is 2. The van der Waals surface area contributed by atoms with Crippen LogP contribution in [0.3, 0.4) is 0 Å². The number of nitrogens with zero attached hydrogens (tertiary/aromatic N) is 3. The van der Waals surface area contributed by atoms with Gasteiger partial charge in [0.1, 0.15) is 11.5 Å². The number of likely N-dealkylation sites (tertiary alicyclic amines) is 1. The van der Waals surface area contributed by atoms with E-state index in [4.69, 9.17) is 9.47 Å². The molecule has 0 radical (unpaired) electrons. The molecule has 2 aliphatic rings. The van der Waals surface area contributed by atoms with Gasteiger partial charge in [-0.05, 0) is 53.1 Å². The summed E-state index contributed by atoms with van der Waals surface area (Å²) in [5, 5.41) is 11.7. The third-order valence-electron chi connectivity index (χ3n) is 8.01. The van der Waals surface area contributed by atoms with Crippen LogP contribution in [0.1, 0.15) is 28.4 Å². The first-order valence-electron chi connectivity index (χ1n) is 12.9. The number of nitrogens with one attached hydrogen (secondary N) is 1. The fourth-order valence-electron chi connectivity index (χ4n) is 6.15. The number of pyridine rings is 1. The van der Waals surface area contributed by atoms with Gasteiger partial charge in [-0.1, -0.05) is 12.1 Å². The van der Waals surface area contributed by atoms with Crippen molar-refractivity contribution in [2.75, 3.05) is 40.5 Å². The topological polar surface area (TPSA) is 90.9 Å². The molecule has 2 aromatic carbocycles. The zero-order valence-electron chi connectivity index (χ0n) is 21.7. The molecule has 6 rings (SSSR count). The van der Waals surface area contributed by atoms with Crippen LogP contribution in [0.15, 0.2) is 67.0 Å². The summed E-state index contributed by atoms with van der Waals surface area (Å²) in [5.74, 6) is 1.72. The molecule has 1 atom stereocenters. The molecule has 1 saturated heterocycles. The van der Waals surface area contributed by atoms with Crippen molar-refractivity contribution in [1.82, 2.24) is 19.8 Å². The summed E-state index contributed by atoms with van der Waals surface area (Å²) in [7, 11) is 3.33. The Morgan fingerprint density at radius 2 is 1.71 bits per heavy atom. The summed E-state index contributed by atoms with van der Waals surface area (Å²) < 4.78 is 10.8. The quantitative estimate of drug-likeness (QED) is 0.394. The molecular formula is C30H32N4O4. The normalized spacial score (nSPS) is 18.3. The molecule has 8 heteroatoms. The van der Waals surface area contributed by atoms with Crippen molar-refractivity contribution < 1.29 is 19.4 Å². The van der Waals surface area contributed by atoms with Crippen LogP contribution in [0.5, 0.6) is 11.5 Å². The zero-order valence-corrected chi connectivity index (χ0v) is 21.7. The van der Waals surface area contributed by atoms with Gasteiger partial charge in [0.05, 0.1) is 33.3 Å². The number of H-pyrrole nitrogens is 1. The monoisotopic (exact) mass is 512 g/mol. The minimum atomic E-state index is -0.228. The van der Waals surface area contributed by atoms with Crippen molar-refractivity contribution in [3.05, 3.63) is 89.4 Å². The average molecular weight is 513 g/mol. The van der Waals surface area contributed by atoms with E-state index in [0.717, 1.165) is 45.8 Å². The standard InChI is InChI=1S/C30H32N4O4/c1-37-22-5-3-21(4-6-22)15-33-17-30(18-34(19-30)27(36)13-20-9-11-31-12-10-20)28-24-8-7-23(38-2)14-25(24)32-29(28)26(33)16-35/h3-12,14,26,32,35H,13,15-19H2,1-2H3/t26-/m1/s1. The van der Waals surface area contributed by atoms with Crippen molar-refractivity contribution in [1.29, 1.82) is 0 Å². The lowest BCUT2D eigenvalue weighted by Crippen LogP contribution is -2.67. The highest BCUT2D eigenvalue weighted by Gasteiger charge is 2.53. The van der Waals surface area contributed by atoms with Crippen LogP contribution >= 0.6 is 0 Å². The number of carbonyl (C=O) groups excluding carboxylic acids is 1. The molecule has 0 aliphatic carbocycles. The lowest BCUT2D eigenvalue weighted by atomic mass is 9.68. The van der Waals surface area contributed by atoms with Gasteiger partial charge in [0.15, 0.2) is 0 Å². The maximum atomic E-state index is 13.2. The molecule has 8 nitrogen and oxygen atoms in total. The predicted molar refractivity (Wildman–Crippen MR) is 144 cm³/mol. The third-order valence-corrected chi connectivity index (χ3v) is 8.01. The Labute approximate surface area is 221 Å². The molecule has 0 unspecified atom stereocenters. The number of aromatic amines is 1. The Kier molecular flexibility index (Phi) is 6.29. The van der Waals surface area contributed by atoms with Gasteiger partial charge in [0, 0.05) is 66.7 Å². The number of rotatable bonds is 7. The fourth-order valence-corrected chi connectivity index (χ4v) is 6.15. The largest absolute Gasteiger partial charge is 0.497 e. The summed E-state index contributed by atoms with van der Waals surface area (Å²) in [6, 6.07) is 17.7.